The highest BCUT2D eigenvalue weighted by Gasteiger charge is 2.30. The van der Waals surface area contributed by atoms with Crippen molar-refractivity contribution in [2.24, 2.45) is 0 Å². The smallest absolute Gasteiger partial charge is 0.321 e. The number of aryl methyl sites for hydroxylation is 2. The molecule has 4 rings (SSSR count). The van der Waals surface area contributed by atoms with Gasteiger partial charge >= 0.3 is 6.03 Å². The lowest BCUT2D eigenvalue weighted by molar-refractivity contribution is 0.148. The Morgan fingerprint density at radius 3 is 1.88 bits per heavy atom. The van der Waals surface area contributed by atoms with Gasteiger partial charge in [-0.1, -0.05) is 43.3 Å². The molecule has 0 saturated carbocycles. The average molecular weight is 335 g/mol. The van der Waals surface area contributed by atoms with Crippen LogP contribution in [0.15, 0.2) is 48.5 Å². The van der Waals surface area contributed by atoms with Crippen molar-refractivity contribution in [3.05, 3.63) is 59.7 Å². The number of anilines is 2. The Bertz CT molecular complexity index is 718. The maximum absolute atomic E-state index is 13.5. The zero-order chi connectivity index (χ0) is 17.2. The largest absolute Gasteiger partial charge is 0.329 e. The van der Waals surface area contributed by atoms with Crippen molar-refractivity contribution in [3.63, 3.8) is 0 Å². The van der Waals surface area contributed by atoms with E-state index in [1.807, 2.05) is 21.9 Å². The zero-order valence-electron chi connectivity index (χ0n) is 14.8. The van der Waals surface area contributed by atoms with Crippen LogP contribution >= 0.6 is 0 Å². The minimum atomic E-state index is 0.109. The molecule has 2 aromatic carbocycles. The zero-order valence-corrected chi connectivity index (χ0v) is 14.8. The van der Waals surface area contributed by atoms with E-state index in [2.05, 4.69) is 48.2 Å². The van der Waals surface area contributed by atoms with E-state index in [0.29, 0.717) is 0 Å². The highest BCUT2D eigenvalue weighted by Crippen LogP contribution is 2.36. The van der Waals surface area contributed by atoms with Gasteiger partial charge in [-0.3, -0.25) is 4.90 Å². The van der Waals surface area contributed by atoms with Gasteiger partial charge in [0.25, 0.3) is 0 Å². The van der Waals surface area contributed by atoms with Crippen molar-refractivity contribution in [1.29, 1.82) is 0 Å². The van der Waals surface area contributed by atoms with Gasteiger partial charge in [-0.05, 0) is 42.6 Å². The summed E-state index contributed by atoms with van der Waals surface area (Å²) in [6, 6.07) is 16.8. The highest BCUT2D eigenvalue weighted by molar-refractivity contribution is 6.01. The first-order valence-corrected chi connectivity index (χ1v) is 9.25. The number of piperazine rings is 1. The molecule has 2 aliphatic rings. The van der Waals surface area contributed by atoms with Gasteiger partial charge in [-0.15, -0.1) is 0 Å². The van der Waals surface area contributed by atoms with E-state index in [4.69, 9.17) is 0 Å². The third-order valence-electron chi connectivity index (χ3n) is 5.41. The summed E-state index contributed by atoms with van der Waals surface area (Å²) in [6.07, 6.45) is 1.95. The van der Waals surface area contributed by atoms with Gasteiger partial charge in [0.1, 0.15) is 0 Å². The number of fused-ring (bicyclic) bond motifs is 2. The van der Waals surface area contributed by atoms with Crippen LogP contribution in [-0.2, 0) is 12.8 Å². The molecule has 0 spiro atoms. The van der Waals surface area contributed by atoms with Crippen LogP contribution in [-0.4, -0.2) is 48.6 Å². The number of benzene rings is 2. The molecule has 0 bridgehead atoms. The fourth-order valence-corrected chi connectivity index (χ4v) is 3.88. The Morgan fingerprint density at radius 2 is 1.36 bits per heavy atom. The lowest BCUT2D eigenvalue weighted by atomic mass is 10.0. The van der Waals surface area contributed by atoms with Crippen molar-refractivity contribution < 1.29 is 4.79 Å². The molecule has 4 heteroatoms. The standard InChI is InChI=1S/C21H25N3O/c1-2-22-13-15-23(16-14-22)21(25)24-19-9-5-3-7-17(19)11-12-18-8-4-6-10-20(18)24/h3-10H,2,11-16H2,1H3. The molecule has 2 amide bonds. The summed E-state index contributed by atoms with van der Waals surface area (Å²) in [7, 11) is 0. The first-order chi connectivity index (χ1) is 12.3. The normalized spacial score (nSPS) is 17.6. The molecule has 0 radical (unpaired) electrons. The fourth-order valence-electron chi connectivity index (χ4n) is 3.88. The minimum absolute atomic E-state index is 0.109. The van der Waals surface area contributed by atoms with Crippen LogP contribution in [0.2, 0.25) is 0 Å². The average Bonchev–Trinajstić information content (AvgIpc) is 2.84. The van der Waals surface area contributed by atoms with E-state index in [0.717, 1.165) is 56.9 Å². The molecule has 0 N–H and O–H groups in total. The molecule has 25 heavy (non-hydrogen) atoms. The van der Waals surface area contributed by atoms with Gasteiger partial charge in [0.15, 0.2) is 0 Å². The van der Waals surface area contributed by atoms with E-state index in [-0.39, 0.29) is 6.03 Å². The predicted octanol–water partition coefficient (Wildman–Crippen LogP) is 3.68. The highest BCUT2D eigenvalue weighted by atomic mass is 16.2. The van der Waals surface area contributed by atoms with Crippen molar-refractivity contribution in [3.8, 4) is 0 Å². The Morgan fingerprint density at radius 1 is 0.840 bits per heavy atom. The topological polar surface area (TPSA) is 26.8 Å². The summed E-state index contributed by atoms with van der Waals surface area (Å²) in [6.45, 7) is 6.75. The quantitative estimate of drug-likeness (QED) is 0.795. The Kier molecular flexibility index (Phi) is 4.45. The maximum atomic E-state index is 13.5. The van der Waals surface area contributed by atoms with Gasteiger partial charge in [0.05, 0.1) is 11.4 Å². The number of likely N-dealkylation sites (N-methyl/N-ethyl adjacent to an activating group) is 1. The molecular formula is C21H25N3O. The van der Waals surface area contributed by atoms with Gasteiger partial charge in [0, 0.05) is 26.2 Å². The van der Waals surface area contributed by atoms with Crippen LogP contribution in [0.4, 0.5) is 16.2 Å². The third-order valence-corrected chi connectivity index (χ3v) is 5.41. The second-order valence-electron chi connectivity index (χ2n) is 6.80. The second-order valence-corrected chi connectivity index (χ2v) is 6.80. The summed E-state index contributed by atoms with van der Waals surface area (Å²) < 4.78 is 0. The van der Waals surface area contributed by atoms with E-state index in [9.17, 15) is 4.79 Å². The van der Waals surface area contributed by atoms with Gasteiger partial charge in [0.2, 0.25) is 0 Å². The monoisotopic (exact) mass is 335 g/mol. The summed E-state index contributed by atoms with van der Waals surface area (Å²) in [5.74, 6) is 0. The van der Waals surface area contributed by atoms with Crippen LogP contribution in [0.5, 0.6) is 0 Å². The van der Waals surface area contributed by atoms with Crippen molar-refractivity contribution in [2.45, 2.75) is 19.8 Å². The van der Waals surface area contributed by atoms with Crippen molar-refractivity contribution in [1.82, 2.24) is 9.80 Å². The summed E-state index contributed by atoms with van der Waals surface area (Å²) in [4.78, 5) is 19.8. The van der Waals surface area contributed by atoms with Gasteiger partial charge < -0.3 is 9.80 Å². The molecule has 2 aliphatic heterocycles. The lowest BCUT2D eigenvalue weighted by Crippen LogP contribution is -2.52. The summed E-state index contributed by atoms with van der Waals surface area (Å²) >= 11 is 0. The van der Waals surface area contributed by atoms with Crippen LogP contribution < -0.4 is 4.90 Å². The van der Waals surface area contributed by atoms with Crippen molar-refractivity contribution >= 4 is 17.4 Å². The molecule has 130 valence electrons. The van der Waals surface area contributed by atoms with Crippen LogP contribution in [0.1, 0.15) is 18.1 Å². The van der Waals surface area contributed by atoms with E-state index in [1.165, 1.54) is 11.1 Å². The van der Waals surface area contributed by atoms with Crippen molar-refractivity contribution in [2.75, 3.05) is 37.6 Å². The molecule has 0 unspecified atom stereocenters. The molecule has 2 aromatic rings. The number of nitrogens with zero attached hydrogens (tertiary/aromatic N) is 3. The first kappa shape index (κ1) is 16.2. The van der Waals surface area contributed by atoms with Gasteiger partial charge in [-0.25, -0.2) is 4.79 Å². The number of urea groups is 1. The molecular weight excluding hydrogens is 310 g/mol. The number of para-hydroxylation sites is 2. The number of carbonyl (C=O) groups is 1. The molecule has 1 saturated heterocycles. The van der Waals surface area contributed by atoms with Crippen LogP contribution in [0.3, 0.4) is 0 Å². The SMILES string of the molecule is CCN1CCN(C(=O)N2c3ccccc3CCc3ccccc32)CC1. The van der Waals surface area contributed by atoms with Crippen LogP contribution in [0.25, 0.3) is 0 Å². The third kappa shape index (κ3) is 3.02. The number of hydrogen-bond acceptors (Lipinski definition) is 2. The Hall–Kier alpha value is -2.33. The predicted molar refractivity (Wildman–Crippen MR) is 102 cm³/mol. The number of amides is 2. The molecule has 4 nitrogen and oxygen atoms in total. The minimum Gasteiger partial charge on any atom is -0.321 e. The van der Waals surface area contributed by atoms with E-state index >= 15 is 0 Å². The fraction of sp³-hybridized carbons (Fsp3) is 0.381. The first-order valence-electron chi connectivity index (χ1n) is 9.25. The summed E-state index contributed by atoms with van der Waals surface area (Å²) in [5, 5.41) is 0. The lowest BCUT2D eigenvalue weighted by Gasteiger charge is -2.37. The molecule has 2 heterocycles. The number of rotatable bonds is 1. The van der Waals surface area contributed by atoms with E-state index in [1.54, 1.807) is 0 Å². The Balaban J connectivity index is 1.71. The summed E-state index contributed by atoms with van der Waals surface area (Å²) in [5.41, 5.74) is 4.57. The molecule has 0 aromatic heterocycles. The van der Waals surface area contributed by atoms with E-state index < -0.39 is 0 Å². The second kappa shape index (κ2) is 6.89. The molecule has 1 fully saturated rings. The molecule has 0 atom stereocenters. The number of hydrogen-bond donors (Lipinski definition) is 0. The Labute approximate surface area is 149 Å². The number of carbonyl (C=O) groups excluding carboxylic acids is 1. The molecule has 0 aliphatic carbocycles. The van der Waals surface area contributed by atoms with Gasteiger partial charge in [-0.2, -0.15) is 0 Å². The van der Waals surface area contributed by atoms with Crippen LogP contribution in [0, 0.1) is 0 Å². The maximum Gasteiger partial charge on any atom is 0.329 e.